The minimum Gasteiger partial charge on any atom is -0.337 e. The number of hydrogen-bond donors (Lipinski definition) is 1. The van der Waals surface area contributed by atoms with Crippen molar-refractivity contribution in [3.05, 3.63) is 0 Å². The van der Waals surface area contributed by atoms with Gasteiger partial charge in [-0.3, -0.25) is 4.79 Å². The lowest BCUT2D eigenvalue weighted by molar-refractivity contribution is -0.135. The molecule has 0 aromatic rings. The molecule has 0 aromatic heterocycles. The van der Waals surface area contributed by atoms with Crippen LogP contribution in [0.4, 0.5) is 0 Å². The summed E-state index contributed by atoms with van der Waals surface area (Å²) < 4.78 is 0. The number of nitrogens with one attached hydrogen (secondary N) is 1. The van der Waals surface area contributed by atoms with E-state index in [1.165, 1.54) is 25.7 Å². The SMILES string of the molecule is CN(C)CCN(C(=O)C1CCCN1)C1CCCC1. The lowest BCUT2D eigenvalue weighted by atomic mass is 10.1. The predicted molar refractivity (Wildman–Crippen MR) is 73.5 cm³/mol. The lowest BCUT2D eigenvalue weighted by Crippen LogP contribution is -2.49. The summed E-state index contributed by atoms with van der Waals surface area (Å²) in [6.45, 7) is 2.85. The quantitative estimate of drug-likeness (QED) is 0.796. The zero-order valence-electron chi connectivity index (χ0n) is 11.8. The Kier molecular flexibility index (Phi) is 5.01. The van der Waals surface area contributed by atoms with Crippen molar-refractivity contribution in [3.63, 3.8) is 0 Å². The van der Waals surface area contributed by atoms with Gasteiger partial charge in [0, 0.05) is 19.1 Å². The fraction of sp³-hybridized carbons (Fsp3) is 0.929. The first kappa shape index (κ1) is 13.8. The molecule has 2 rings (SSSR count). The molecule has 1 amide bonds. The highest BCUT2D eigenvalue weighted by Gasteiger charge is 2.32. The van der Waals surface area contributed by atoms with E-state index < -0.39 is 0 Å². The van der Waals surface area contributed by atoms with Crippen LogP contribution in [0.3, 0.4) is 0 Å². The highest BCUT2D eigenvalue weighted by atomic mass is 16.2. The van der Waals surface area contributed by atoms with Crippen LogP contribution in [0.5, 0.6) is 0 Å². The van der Waals surface area contributed by atoms with E-state index in [0.29, 0.717) is 11.9 Å². The lowest BCUT2D eigenvalue weighted by Gasteiger charge is -2.32. The third-order valence-electron chi connectivity index (χ3n) is 4.20. The van der Waals surface area contributed by atoms with Crippen molar-refractivity contribution in [2.24, 2.45) is 0 Å². The Hall–Kier alpha value is -0.610. The van der Waals surface area contributed by atoms with Gasteiger partial charge in [0.05, 0.1) is 6.04 Å². The number of nitrogens with zero attached hydrogens (tertiary/aromatic N) is 2. The maximum Gasteiger partial charge on any atom is 0.239 e. The minimum absolute atomic E-state index is 0.0905. The van der Waals surface area contributed by atoms with Crippen molar-refractivity contribution in [1.82, 2.24) is 15.1 Å². The van der Waals surface area contributed by atoms with Crippen molar-refractivity contribution in [1.29, 1.82) is 0 Å². The normalized spacial score (nSPS) is 24.9. The summed E-state index contributed by atoms with van der Waals surface area (Å²) in [4.78, 5) is 16.9. The second-order valence-electron chi connectivity index (χ2n) is 5.92. The van der Waals surface area contributed by atoms with E-state index in [1.807, 2.05) is 0 Å². The summed E-state index contributed by atoms with van der Waals surface area (Å²) in [5.74, 6) is 0.348. The number of carbonyl (C=O) groups is 1. The Morgan fingerprint density at radius 1 is 1.11 bits per heavy atom. The van der Waals surface area contributed by atoms with Crippen molar-refractivity contribution in [3.8, 4) is 0 Å². The molecule has 4 nitrogen and oxygen atoms in total. The van der Waals surface area contributed by atoms with Crippen LogP contribution in [0.1, 0.15) is 38.5 Å². The number of amides is 1. The topological polar surface area (TPSA) is 35.6 Å². The Morgan fingerprint density at radius 2 is 1.83 bits per heavy atom. The molecule has 1 aliphatic heterocycles. The number of hydrogen-bond acceptors (Lipinski definition) is 3. The van der Waals surface area contributed by atoms with E-state index >= 15 is 0 Å². The molecule has 1 saturated carbocycles. The molecule has 1 unspecified atom stereocenters. The van der Waals surface area contributed by atoms with Crippen LogP contribution in [0.25, 0.3) is 0 Å². The Morgan fingerprint density at radius 3 is 2.39 bits per heavy atom. The maximum absolute atomic E-state index is 12.6. The molecule has 1 N–H and O–H groups in total. The van der Waals surface area contributed by atoms with E-state index in [9.17, 15) is 4.79 Å². The first-order valence-corrected chi connectivity index (χ1v) is 7.37. The molecule has 4 heteroatoms. The van der Waals surface area contributed by atoms with Gasteiger partial charge in [-0.25, -0.2) is 0 Å². The van der Waals surface area contributed by atoms with Gasteiger partial charge in [0.1, 0.15) is 0 Å². The predicted octanol–water partition coefficient (Wildman–Crippen LogP) is 1.07. The molecule has 0 radical (unpaired) electrons. The largest absolute Gasteiger partial charge is 0.337 e. The van der Waals surface area contributed by atoms with Gasteiger partial charge in [-0.05, 0) is 46.3 Å². The monoisotopic (exact) mass is 253 g/mol. The summed E-state index contributed by atoms with van der Waals surface area (Å²) in [5, 5.41) is 3.34. The van der Waals surface area contributed by atoms with Crippen molar-refractivity contribution < 1.29 is 4.79 Å². The van der Waals surface area contributed by atoms with E-state index in [4.69, 9.17) is 0 Å². The zero-order chi connectivity index (χ0) is 13.0. The second-order valence-corrected chi connectivity index (χ2v) is 5.92. The number of carbonyl (C=O) groups excluding carboxylic acids is 1. The molecule has 0 aromatic carbocycles. The van der Waals surface area contributed by atoms with Crippen LogP contribution in [-0.2, 0) is 4.79 Å². The summed E-state index contributed by atoms with van der Waals surface area (Å²) in [6, 6.07) is 0.590. The smallest absolute Gasteiger partial charge is 0.239 e. The van der Waals surface area contributed by atoms with E-state index in [-0.39, 0.29) is 6.04 Å². The molecule has 18 heavy (non-hydrogen) atoms. The molecule has 1 atom stereocenters. The van der Waals surface area contributed by atoms with Gasteiger partial charge < -0.3 is 15.1 Å². The number of rotatable bonds is 5. The molecule has 0 spiro atoms. The molecule has 104 valence electrons. The van der Waals surface area contributed by atoms with Gasteiger partial charge >= 0.3 is 0 Å². The third-order valence-corrected chi connectivity index (χ3v) is 4.20. The molecule has 2 aliphatic rings. The highest BCUT2D eigenvalue weighted by molar-refractivity contribution is 5.82. The zero-order valence-corrected chi connectivity index (χ0v) is 11.8. The van der Waals surface area contributed by atoms with Gasteiger partial charge in [0.2, 0.25) is 5.91 Å². The van der Waals surface area contributed by atoms with Crippen LogP contribution in [0.15, 0.2) is 0 Å². The highest BCUT2D eigenvalue weighted by Crippen LogP contribution is 2.24. The first-order valence-electron chi connectivity index (χ1n) is 7.37. The van der Waals surface area contributed by atoms with Crippen molar-refractivity contribution in [2.75, 3.05) is 33.7 Å². The van der Waals surface area contributed by atoms with Crippen LogP contribution in [-0.4, -0.2) is 61.5 Å². The Bertz CT molecular complexity index is 268. The van der Waals surface area contributed by atoms with Gasteiger partial charge in [-0.2, -0.15) is 0 Å². The van der Waals surface area contributed by atoms with E-state index in [2.05, 4.69) is 29.2 Å². The van der Waals surface area contributed by atoms with Gasteiger partial charge in [-0.15, -0.1) is 0 Å². The number of likely N-dealkylation sites (N-methyl/N-ethyl adjacent to an activating group) is 1. The average Bonchev–Trinajstić information content (AvgIpc) is 3.01. The molecular formula is C14H27N3O. The molecule has 0 bridgehead atoms. The third kappa shape index (κ3) is 3.45. The van der Waals surface area contributed by atoms with Crippen molar-refractivity contribution in [2.45, 2.75) is 50.6 Å². The van der Waals surface area contributed by atoms with Gasteiger partial charge in [0.25, 0.3) is 0 Å². The summed E-state index contributed by atoms with van der Waals surface area (Å²) in [6.07, 6.45) is 7.13. The Balaban J connectivity index is 1.95. The second kappa shape index (κ2) is 6.53. The molecule has 1 aliphatic carbocycles. The first-order chi connectivity index (χ1) is 8.68. The summed E-state index contributed by atoms with van der Waals surface area (Å²) >= 11 is 0. The average molecular weight is 253 g/mol. The molecule has 1 saturated heterocycles. The van der Waals surface area contributed by atoms with Crippen LogP contribution >= 0.6 is 0 Å². The maximum atomic E-state index is 12.6. The molecular weight excluding hydrogens is 226 g/mol. The van der Waals surface area contributed by atoms with Crippen molar-refractivity contribution >= 4 is 5.91 Å². The standard InChI is InChI=1S/C14H27N3O/c1-16(2)10-11-17(12-6-3-4-7-12)14(18)13-8-5-9-15-13/h12-13,15H,3-11H2,1-2H3. The minimum atomic E-state index is 0.0905. The van der Waals surface area contributed by atoms with E-state index in [0.717, 1.165) is 32.5 Å². The fourth-order valence-corrected chi connectivity index (χ4v) is 3.09. The molecule has 1 heterocycles. The summed E-state index contributed by atoms with van der Waals surface area (Å²) in [5.41, 5.74) is 0. The summed E-state index contributed by atoms with van der Waals surface area (Å²) in [7, 11) is 4.15. The van der Waals surface area contributed by atoms with Gasteiger partial charge in [0.15, 0.2) is 0 Å². The van der Waals surface area contributed by atoms with Crippen LogP contribution in [0.2, 0.25) is 0 Å². The molecule has 2 fully saturated rings. The van der Waals surface area contributed by atoms with Gasteiger partial charge in [-0.1, -0.05) is 12.8 Å². The fourth-order valence-electron chi connectivity index (χ4n) is 3.09. The Labute approximate surface area is 111 Å². The van der Waals surface area contributed by atoms with E-state index in [1.54, 1.807) is 0 Å². The van der Waals surface area contributed by atoms with Crippen LogP contribution < -0.4 is 5.32 Å². The van der Waals surface area contributed by atoms with Crippen LogP contribution in [0, 0.1) is 0 Å².